The van der Waals surface area contributed by atoms with Crippen molar-refractivity contribution >= 4 is 53.7 Å². The van der Waals surface area contributed by atoms with Gasteiger partial charge >= 0.3 is 71.5 Å². The van der Waals surface area contributed by atoms with Gasteiger partial charge in [0, 0.05) is 0 Å². The number of hydrogen-bond acceptors (Lipinski definition) is 24. The molecule has 3 spiro atoms. The number of esters is 8. The molecule has 0 amide bonds. The van der Waals surface area contributed by atoms with Gasteiger partial charge in [-0.15, -0.1) is 0 Å². The molecule has 7 aliphatic heterocycles. The van der Waals surface area contributed by atoms with Crippen molar-refractivity contribution in [1.82, 2.24) is 0 Å². The summed E-state index contributed by atoms with van der Waals surface area (Å²) in [5, 5.41) is 55.6. The summed E-state index contributed by atoms with van der Waals surface area (Å²) in [6, 6.07) is 0. The summed E-state index contributed by atoms with van der Waals surface area (Å²) >= 11 is 0. The van der Waals surface area contributed by atoms with Gasteiger partial charge in [0.05, 0.1) is 45.1 Å². The smallest absolute Gasteiger partial charge is 0.434 e. The molecular formula is C24H20O24. The Morgan fingerprint density at radius 2 is 0.917 bits per heavy atom. The van der Waals surface area contributed by atoms with E-state index in [1.54, 1.807) is 0 Å². The molecule has 0 aliphatic carbocycles. The second kappa shape index (κ2) is 10.0. The van der Waals surface area contributed by atoms with Gasteiger partial charge in [0.1, 0.15) is 0 Å². The lowest BCUT2D eigenvalue weighted by molar-refractivity contribution is -0.575. The van der Waals surface area contributed by atoms with E-state index in [2.05, 4.69) is 4.89 Å². The van der Waals surface area contributed by atoms with Crippen molar-refractivity contribution in [1.29, 1.82) is 0 Å². The number of carbonyl (C=O) groups excluding carboxylic acids is 9. The van der Waals surface area contributed by atoms with Gasteiger partial charge in [0.15, 0.2) is 16.8 Å². The van der Waals surface area contributed by atoms with Crippen molar-refractivity contribution in [3.8, 4) is 0 Å². The Bertz CT molecular complexity index is 1600. The average molecular weight is 692 g/mol. The fraction of sp³-hybridized carbons (Fsp3) is 0.625. The third-order valence-corrected chi connectivity index (χ3v) is 8.15. The maximum Gasteiger partial charge on any atom is 0.508 e. The first kappa shape index (κ1) is 32.9. The predicted molar refractivity (Wildman–Crippen MR) is 122 cm³/mol. The van der Waals surface area contributed by atoms with Crippen LogP contribution in [0.5, 0.6) is 0 Å². The third-order valence-electron chi connectivity index (χ3n) is 8.15. The molecule has 7 saturated heterocycles. The van der Waals surface area contributed by atoms with Crippen LogP contribution in [0.15, 0.2) is 0 Å². The molecule has 5 N–H and O–H groups in total. The van der Waals surface area contributed by atoms with Crippen LogP contribution in [-0.4, -0.2) is 127 Å². The van der Waals surface area contributed by atoms with Gasteiger partial charge in [-0.05, 0) is 0 Å². The SMILES string of the molecule is O=C1CC2(O)CC(=O)OC3(OOC2=O)OC(=O)CC2(O)CC(=O)OC4(OC(=O)CC5(O)CC(=O)OC4(OC5=O)C3(CO)C(O)O1)OC2=O. The summed E-state index contributed by atoms with van der Waals surface area (Å²) in [4.78, 5) is 129. The molecular weight excluding hydrogens is 672 g/mol. The van der Waals surface area contributed by atoms with E-state index in [9.17, 15) is 68.7 Å². The van der Waals surface area contributed by atoms with Crippen molar-refractivity contribution in [3.63, 3.8) is 0 Å². The van der Waals surface area contributed by atoms with Crippen LogP contribution in [0.25, 0.3) is 0 Å². The fourth-order valence-electron chi connectivity index (χ4n) is 5.84. The van der Waals surface area contributed by atoms with E-state index in [4.69, 9.17) is 42.8 Å². The maximum atomic E-state index is 13.6. The van der Waals surface area contributed by atoms with Gasteiger partial charge in [-0.2, -0.15) is 0 Å². The number of carbonyl (C=O) groups is 9. The molecule has 0 aromatic carbocycles. The molecule has 260 valence electrons. The molecule has 0 radical (unpaired) electrons. The third kappa shape index (κ3) is 4.26. The molecule has 24 nitrogen and oxygen atoms in total. The van der Waals surface area contributed by atoms with Crippen LogP contribution in [-0.2, 0) is 90.8 Å². The Labute approximate surface area is 262 Å². The highest BCUT2D eigenvalue weighted by Crippen LogP contribution is 2.61. The topological polar surface area (TPSA) is 347 Å². The van der Waals surface area contributed by atoms with Gasteiger partial charge in [0.25, 0.3) is 5.41 Å². The van der Waals surface area contributed by atoms with Gasteiger partial charge in [0.2, 0.25) is 6.29 Å². The summed E-state index contributed by atoms with van der Waals surface area (Å²) in [5.41, 5.74) is -14.2. The molecule has 7 heterocycles. The zero-order valence-corrected chi connectivity index (χ0v) is 23.5. The van der Waals surface area contributed by atoms with Crippen LogP contribution >= 0.6 is 0 Å². The predicted octanol–water partition coefficient (Wildman–Crippen LogP) is -6.28. The van der Waals surface area contributed by atoms with E-state index in [1.807, 2.05) is 0 Å². The number of hydrogen-bond donors (Lipinski definition) is 5. The molecule has 7 rings (SSSR count). The summed E-state index contributed by atoms with van der Waals surface area (Å²) in [6.45, 7) is -2.30. The molecule has 7 fully saturated rings. The molecule has 7 aliphatic rings. The van der Waals surface area contributed by atoms with Crippen LogP contribution in [0.3, 0.4) is 0 Å². The first-order valence-electron chi connectivity index (χ1n) is 13.3. The first-order valence-corrected chi connectivity index (χ1v) is 13.3. The van der Waals surface area contributed by atoms with Crippen LogP contribution in [0.1, 0.15) is 38.5 Å². The van der Waals surface area contributed by atoms with Crippen molar-refractivity contribution in [2.75, 3.05) is 6.61 Å². The number of ether oxygens (including phenoxy) is 8. The quantitative estimate of drug-likeness (QED) is 0.0969. The normalized spacial score (nSPS) is 44.4. The van der Waals surface area contributed by atoms with E-state index in [0.717, 1.165) is 0 Å². The van der Waals surface area contributed by atoms with E-state index < -0.39 is 145 Å². The van der Waals surface area contributed by atoms with E-state index in [0.29, 0.717) is 0 Å². The minimum absolute atomic E-state index is 1.57. The molecule has 8 atom stereocenters. The molecule has 24 heteroatoms. The van der Waals surface area contributed by atoms with Crippen molar-refractivity contribution in [2.45, 2.75) is 79.4 Å². The summed E-state index contributed by atoms with van der Waals surface area (Å²) < 4.78 is 40.4. The molecule has 0 aromatic rings. The maximum absolute atomic E-state index is 13.6. The Hall–Kier alpha value is -5.01. The van der Waals surface area contributed by atoms with Gasteiger partial charge in [-0.3, -0.25) is 33.7 Å². The average Bonchev–Trinajstić information content (AvgIpc) is 3.07. The number of fused-ring (bicyclic) bond motifs is 11. The highest BCUT2D eigenvalue weighted by Gasteiger charge is 2.93. The highest BCUT2D eigenvalue weighted by molar-refractivity contribution is 5.95. The number of aliphatic hydroxyl groups excluding tert-OH is 2. The van der Waals surface area contributed by atoms with Gasteiger partial charge in [-0.25, -0.2) is 14.4 Å². The lowest BCUT2D eigenvalue weighted by Crippen LogP contribution is -2.83. The fourth-order valence-corrected chi connectivity index (χ4v) is 5.84. The Morgan fingerprint density at radius 3 is 1.40 bits per heavy atom. The van der Waals surface area contributed by atoms with Crippen LogP contribution < -0.4 is 0 Å². The van der Waals surface area contributed by atoms with E-state index >= 15 is 0 Å². The second-order valence-electron chi connectivity index (χ2n) is 11.5. The molecule has 8 unspecified atom stereocenters. The monoisotopic (exact) mass is 692 g/mol. The Balaban J connectivity index is 1.81. The summed E-state index contributed by atoms with van der Waals surface area (Å²) in [7, 11) is 0. The Kier molecular flexibility index (Phi) is 6.86. The molecule has 6 bridgehead atoms. The summed E-state index contributed by atoms with van der Waals surface area (Å²) in [6.07, 6.45) is -13.3. The van der Waals surface area contributed by atoms with Crippen molar-refractivity contribution in [3.05, 3.63) is 0 Å². The molecule has 0 aromatic heterocycles. The van der Waals surface area contributed by atoms with Crippen LogP contribution in [0.2, 0.25) is 0 Å². The van der Waals surface area contributed by atoms with E-state index in [1.165, 1.54) is 0 Å². The minimum Gasteiger partial charge on any atom is -0.434 e. The standard InChI is InChI=1S/C24H20O24/c25-7-21-17(35)39-8(26)1-20(38)6-11(29)42-23(21,48-47-16(20)34)41-10(28)3-19(37)5-13(31)44-24(46-15(19)33)22(21)40-9(27)2-18(36,14(32)45-22)4-12(30)43-24/h17,25,35-38H,1-7H2. The molecule has 48 heavy (non-hydrogen) atoms. The lowest BCUT2D eigenvalue weighted by Gasteiger charge is -2.56. The zero-order valence-electron chi connectivity index (χ0n) is 23.5. The first-order chi connectivity index (χ1) is 22.2. The lowest BCUT2D eigenvalue weighted by atomic mass is 9.73. The van der Waals surface area contributed by atoms with Crippen molar-refractivity contribution < 1.29 is 116 Å². The zero-order chi connectivity index (χ0) is 35.3. The van der Waals surface area contributed by atoms with Crippen LogP contribution in [0, 0.1) is 5.41 Å². The Morgan fingerprint density at radius 1 is 0.521 bits per heavy atom. The number of rotatable bonds is 1. The minimum atomic E-state index is -4.60. The van der Waals surface area contributed by atoms with E-state index in [-0.39, 0.29) is 0 Å². The van der Waals surface area contributed by atoms with Crippen molar-refractivity contribution in [2.24, 2.45) is 5.41 Å². The highest BCUT2D eigenvalue weighted by atomic mass is 17.3. The number of aliphatic hydroxyl groups is 5. The largest absolute Gasteiger partial charge is 0.508 e. The van der Waals surface area contributed by atoms with Gasteiger partial charge in [-0.1, -0.05) is 4.89 Å². The second-order valence-corrected chi connectivity index (χ2v) is 11.5. The molecule has 0 saturated carbocycles. The van der Waals surface area contributed by atoms with Gasteiger partial charge < -0.3 is 63.4 Å². The van der Waals surface area contributed by atoms with Crippen LogP contribution in [0.4, 0.5) is 0 Å². The summed E-state index contributed by atoms with van der Waals surface area (Å²) in [5.74, 6) is -31.6.